The second-order valence-corrected chi connectivity index (χ2v) is 6.54. The number of halogens is 3. The maximum atomic E-state index is 13.2. The van der Waals surface area contributed by atoms with Gasteiger partial charge in [0.2, 0.25) is 0 Å². The maximum Gasteiger partial charge on any atom is 0.141 e. The zero-order valence-corrected chi connectivity index (χ0v) is 13.5. The van der Waals surface area contributed by atoms with E-state index in [9.17, 15) is 4.39 Å². The van der Waals surface area contributed by atoms with Crippen LogP contribution in [0.4, 0.5) is 4.39 Å². The Hall–Kier alpha value is -1.38. The van der Waals surface area contributed by atoms with Crippen LogP contribution in [0.3, 0.4) is 0 Å². The van der Waals surface area contributed by atoms with Crippen LogP contribution in [0, 0.1) is 5.82 Å². The summed E-state index contributed by atoms with van der Waals surface area (Å²) >= 11 is 9.51. The summed E-state index contributed by atoms with van der Waals surface area (Å²) in [6.45, 7) is 0. The standard InChI is InChI=1S/C18H13BrClF/c19-16(15-7-8-18(21)17(20)11-15)10-12-5-6-13-3-1-2-4-14(13)9-12/h1-9,11,16H,10H2. The van der Waals surface area contributed by atoms with E-state index in [4.69, 9.17) is 11.6 Å². The van der Waals surface area contributed by atoms with Crippen molar-refractivity contribution in [1.29, 1.82) is 0 Å². The van der Waals surface area contributed by atoms with Gasteiger partial charge in [-0.15, -0.1) is 0 Å². The molecule has 3 heteroatoms. The smallest absolute Gasteiger partial charge is 0.141 e. The van der Waals surface area contributed by atoms with Crippen molar-refractivity contribution in [2.75, 3.05) is 0 Å². The molecule has 0 saturated carbocycles. The molecule has 1 unspecified atom stereocenters. The van der Waals surface area contributed by atoms with Gasteiger partial charge in [-0.1, -0.05) is 76.1 Å². The first kappa shape index (κ1) is 14.6. The molecule has 0 saturated heterocycles. The van der Waals surface area contributed by atoms with Gasteiger partial charge in [-0.3, -0.25) is 0 Å². The number of rotatable bonds is 3. The molecule has 0 aromatic heterocycles. The summed E-state index contributed by atoms with van der Waals surface area (Å²) in [4.78, 5) is 0.108. The third kappa shape index (κ3) is 3.28. The molecule has 0 bridgehead atoms. The van der Waals surface area contributed by atoms with Crippen molar-refractivity contribution in [2.24, 2.45) is 0 Å². The normalized spacial score (nSPS) is 12.5. The lowest BCUT2D eigenvalue weighted by molar-refractivity contribution is 0.627. The lowest BCUT2D eigenvalue weighted by atomic mass is 10.0. The first-order valence-corrected chi connectivity index (χ1v) is 7.99. The van der Waals surface area contributed by atoms with Crippen molar-refractivity contribution >= 4 is 38.3 Å². The van der Waals surface area contributed by atoms with Gasteiger partial charge in [0, 0.05) is 4.83 Å². The number of hydrogen-bond acceptors (Lipinski definition) is 0. The largest absolute Gasteiger partial charge is 0.205 e. The van der Waals surface area contributed by atoms with Gasteiger partial charge in [0.25, 0.3) is 0 Å². The second kappa shape index (κ2) is 6.17. The summed E-state index contributed by atoms with van der Waals surface area (Å²) in [5.74, 6) is -0.383. The summed E-state index contributed by atoms with van der Waals surface area (Å²) < 4.78 is 13.2. The molecule has 0 nitrogen and oxygen atoms in total. The van der Waals surface area contributed by atoms with Gasteiger partial charge >= 0.3 is 0 Å². The Morgan fingerprint density at radius 3 is 2.48 bits per heavy atom. The summed E-state index contributed by atoms with van der Waals surface area (Å²) in [6, 6.07) is 19.6. The zero-order valence-electron chi connectivity index (χ0n) is 11.2. The zero-order chi connectivity index (χ0) is 14.8. The molecule has 0 N–H and O–H groups in total. The minimum atomic E-state index is -0.383. The van der Waals surface area contributed by atoms with Crippen LogP contribution in [0.1, 0.15) is 16.0 Å². The molecule has 1 atom stereocenters. The fourth-order valence-electron chi connectivity index (χ4n) is 2.40. The highest BCUT2D eigenvalue weighted by atomic mass is 79.9. The Morgan fingerprint density at radius 1 is 0.952 bits per heavy atom. The van der Waals surface area contributed by atoms with Crippen molar-refractivity contribution in [1.82, 2.24) is 0 Å². The highest BCUT2D eigenvalue weighted by molar-refractivity contribution is 9.09. The average molecular weight is 364 g/mol. The molecular formula is C18H13BrClF. The van der Waals surface area contributed by atoms with Gasteiger partial charge in [0.05, 0.1) is 5.02 Å². The SMILES string of the molecule is Fc1ccc(C(Br)Cc2ccc3ccccc3c2)cc1Cl. The number of benzene rings is 3. The van der Waals surface area contributed by atoms with E-state index in [0.29, 0.717) is 0 Å². The number of alkyl halides is 1. The fraction of sp³-hybridized carbons (Fsp3) is 0.111. The van der Waals surface area contributed by atoms with Crippen LogP contribution in [-0.2, 0) is 6.42 Å². The van der Waals surface area contributed by atoms with Crippen molar-refractivity contribution in [3.8, 4) is 0 Å². The molecule has 3 aromatic carbocycles. The molecule has 3 rings (SSSR count). The van der Waals surface area contributed by atoms with Crippen LogP contribution in [0.2, 0.25) is 5.02 Å². The molecule has 0 aliphatic heterocycles. The van der Waals surface area contributed by atoms with E-state index in [1.54, 1.807) is 12.1 Å². The Bertz CT molecular complexity index is 785. The van der Waals surface area contributed by atoms with Crippen molar-refractivity contribution < 1.29 is 4.39 Å². The Kier molecular flexibility index (Phi) is 4.27. The predicted molar refractivity (Wildman–Crippen MR) is 90.7 cm³/mol. The molecule has 106 valence electrons. The van der Waals surface area contributed by atoms with Crippen LogP contribution in [-0.4, -0.2) is 0 Å². The summed E-state index contributed by atoms with van der Waals surface area (Å²) in [6.07, 6.45) is 0.826. The van der Waals surface area contributed by atoms with Gasteiger partial charge < -0.3 is 0 Å². The minimum absolute atomic E-state index is 0.108. The van der Waals surface area contributed by atoms with Crippen LogP contribution < -0.4 is 0 Å². The van der Waals surface area contributed by atoms with E-state index < -0.39 is 0 Å². The van der Waals surface area contributed by atoms with Crippen molar-refractivity contribution in [3.05, 3.63) is 82.6 Å². The highest BCUT2D eigenvalue weighted by Gasteiger charge is 2.11. The summed E-state index contributed by atoms with van der Waals surface area (Å²) in [5, 5.41) is 2.62. The Labute approximate surface area is 136 Å². The molecule has 0 fully saturated rings. The van der Waals surface area contributed by atoms with Crippen molar-refractivity contribution in [3.63, 3.8) is 0 Å². The van der Waals surface area contributed by atoms with Crippen LogP contribution in [0.5, 0.6) is 0 Å². The van der Waals surface area contributed by atoms with Gasteiger partial charge in [-0.25, -0.2) is 4.39 Å². The fourth-order valence-corrected chi connectivity index (χ4v) is 3.25. The van der Waals surface area contributed by atoms with E-state index in [1.807, 2.05) is 12.1 Å². The molecule has 0 aliphatic rings. The molecule has 0 amide bonds. The van der Waals surface area contributed by atoms with E-state index in [2.05, 4.69) is 46.3 Å². The lowest BCUT2D eigenvalue weighted by Gasteiger charge is -2.12. The molecule has 3 aromatic rings. The number of fused-ring (bicyclic) bond motifs is 1. The van der Waals surface area contributed by atoms with Crippen molar-refractivity contribution in [2.45, 2.75) is 11.2 Å². The molecule has 0 aliphatic carbocycles. The first-order chi connectivity index (χ1) is 10.1. The first-order valence-electron chi connectivity index (χ1n) is 6.70. The van der Waals surface area contributed by atoms with Crippen LogP contribution in [0.15, 0.2) is 60.7 Å². The quantitative estimate of drug-likeness (QED) is 0.478. The predicted octanol–water partition coefficient (Wildman–Crippen LogP) is 6.31. The summed E-state index contributed by atoms with van der Waals surface area (Å²) in [5.41, 5.74) is 2.21. The topological polar surface area (TPSA) is 0 Å². The van der Waals surface area contributed by atoms with Gasteiger partial charge in [0.1, 0.15) is 5.82 Å². The lowest BCUT2D eigenvalue weighted by Crippen LogP contribution is -1.96. The Morgan fingerprint density at radius 2 is 1.71 bits per heavy atom. The van der Waals surface area contributed by atoms with E-state index in [0.717, 1.165) is 12.0 Å². The monoisotopic (exact) mass is 362 g/mol. The van der Waals surface area contributed by atoms with E-state index >= 15 is 0 Å². The molecular weight excluding hydrogens is 351 g/mol. The third-order valence-electron chi connectivity index (χ3n) is 3.53. The van der Waals surface area contributed by atoms with Gasteiger partial charge in [-0.05, 0) is 40.5 Å². The summed E-state index contributed by atoms with van der Waals surface area (Å²) in [7, 11) is 0. The minimum Gasteiger partial charge on any atom is -0.205 e. The molecule has 0 heterocycles. The Balaban J connectivity index is 1.85. The van der Waals surface area contributed by atoms with Gasteiger partial charge in [0.15, 0.2) is 0 Å². The molecule has 0 spiro atoms. The van der Waals surface area contributed by atoms with Crippen LogP contribution in [0.25, 0.3) is 10.8 Å². The molecule has 21 heavy (non-hydrogen) atoms. The maximum absolute atomic E-state index is 13.2. The third-order valence-corrected chi connectivity index (χ3v) is 4.68. The van der Waals surface area contributed by atoms with Gasteiger partial charge in [-0.2, -0.15) is 0 Å². The van der Waals surface area contributed by atoms with Crippen LogP contribution >= 0.6 is 27.5 Å². The average Bonchev–Trinajstić information content (AvgIpc) is 2.50. The second-order valence-electron chi connectivity index (χ2n) is 5.03. The number of hydrogen-bond donors (Lipinski definition) is 0. The highest BCUT2D eigenvalue weighted by Crippen LogP contribution is 2.30. The van der Waals surface area contributed by atoms with E-state index in [1.165, 1.54) is 22.4 Å². The van der Waals surface area contributed by atoms with E-state index in [-0.39, 0.29) is 15.7 Å². The molecule has 0 radical (unpaired) electrons.